The van der Waals surface area contributed by atoms with Crippen LogP contribution in [0.25, 0.3) is 11.0 Å². The summed E-state index contributed by atoms with van der Waals surface area (Å²) in [5.41, 5.74) is -0.0644. The highest BCUT2D eigenvalue weighted by Crippen LogP contribution is 2.14. The van der Waals surface area contributed by atoms with E-state index in [1.807, 2.05) is 20.8 Å². The first-order valence-corrected chi connectivity index (χ1v) is 8.76. The van der Waals surface area contributed by atoms with Crippen LogP contribution >= 0.6 is 0 Å². The van der Waals surface area contributed by atoms with Crippen molar-refractivity contribution >= 4 is 22.9 Å². The topological polar surface area (TPSA) is 105 Å². The van der Waals surface area contributed by atoms with E-state index in [0.29, 0.717) is 25.0 Å². The van der Waals surface area contributed by atoms with Gasteiger partial charge in [-0.1, -0.05) is 20.8 Å². The number of nitrogens with one attached hydrogen (secondary N) is 1. The zero-order valence-electron chi connectivity index (χ0n) is 16.4. The van der Waals surface area contributed by atoms with Gasteiger partial charge in [-0.2, -0.15) is 0 Å². The second-order valence-electron chi connectivity index (χ2n) is 7.69. The molecule has 0 aliphatic carbocycles. The van der Waals surface area contributed by atoms with Crippen molar-refractivity contribution in [2.45, 2.75) is 33.6 Å². The Balaban J connectivity index is 2.26. The molecule has 27 heavy (non-hydrogen) atoms. The van der Waals surface area contributed by atoms with Crippen molar-refractivity contribution in [1.29, 1.82) is 0 Å². The molecule has 0 aliphatic rings. The van der Waals surface area contributed by atoms with Crippen LogP contribution < -0.4 is 15.8 Å². The van der Waals surface area contributed by atoms with Crippen LogP contribution in [0.2, 0.25) is 0 Å². The van der Waals surface area contributed by atoms with Crippen molar-refractivity contribution in [3.63, 3.8) is 0 Å². The number of aromatic carboxylic acids is 1. The molecular weight excluding hydrogens is 348 g/mol. The van der Waals surface area contributed by atoms with Crippen molar-refractivity contribution in [2.24, 2.45) is 5.41 Å². The quantitative estimate of drug-likeness (QED) is 0.741. The van der Waals surface area contributed by atoms with Gasteiger partial charge in [-0.3, -0.25) is 9.59 Å². The van der Waals surface area contributed by atoms with Gasteiger partial charge in [0, 0.05) is 38.4 Å². The highest BCUT2D eigenvalue weighted by atomic mass is 16.4. The van der Waals surface area contributed by atoms with Gasteiger partial charge < -0.3 is 15.4 Å². The standard InChI is InChI=1S/C19H26N4O4/c1-19(2,3)18(27)20-8-6-7-12-9-13-15(24)14(17(25)26)11-23(22(4)5)16(13)21-10-12/h9-11H,6-8H2,1-5H3,(H,20,27)(H,25,26). The summed E-state index contributed by atoms with van der Waals surface area (Å²) in [6.45, 7) is 6.08. The van der Waals surface area contributed by atoms with Crippen LogP contribution in [0.1, 0.15) is 43.1 Å². The van der Waals surface area contributed by atoms with E-state index in [2.05, 4.69) is 10.3 Å². The number of pyridine rings is 2. The van der Waals surface area contributed by atoms with E-state index < -0.39 is 16.8 Å². The average Bonchev–Trinajstić information content (AvgIpc) is 2.57. The molecule has 8 nitrogen and oxygen atoms in total. The molecule has 2 aromatic heterocycles. The summed E-state index contributed by atoms with van der Waals surface area (Å²) < 4.78 is 1.54. The lowest BCUT2D eigenvalue weighted by atomic mass is 9.95. The Morgan fingerprint density at radius 2 is 1.96 bits per heavy atom. The molecule has 0 fully saturated rings. The van der Waals surface area contributed by atoms with Crippen molar-refractivity contribution in [2.75, 3.05) is 25.6 Å². The second kappa shape index (κ2) is 7.77. The van der Waals surface area contributed by atoms with Crippen LogP contribution in [0.15, 0.2) is 23.3 Å². The molecule has 146 valence electrons. The van der Waals surface area contributed by atoms with E-state index in [1.54, 1.807) is 31.4 Å². The highest BCUT2D eigenvalue weighted by molar-refractivity contribution is 5.91. The third kappa shape index (κ3) is 4.64. The number of aromatic nitrogens is 2. The van der Waals surface area contributed by atoms with E-state index >= 15 is 0 Å². The predicted octanol–water partition coefficient (Wildman–Crippen LogP) is 1.39. The van der Waals surface area contributed by atoms with E-state index in [4.69, 9.17) is 0 Å². The molecule has 2 aromatic rings. The summed E-state index contributed by atoms with van der Waals surface area (Å²) in [7, 11) is 3.48. The number of aryl methyl sites for hydroxylation is 1. The fourth-order valence-corrected chi connectivity index (χ4v) is 2.59. The largest absolute Gasteiger partial charge is 0.477 e. The van der Waals surface area contributed by atoms with Gasteiger partial charge in [-0.05, 0) is 24.5 Å². The van der Waals surface area contributed by atoms with E-state index in [1.165, 1.54) is 10.9 Å². The monoisotopic (exact) mass is 374 g/mol. The Morgan fingerprint density at radius 3 is 2.52 bits per heavy atom. The van der Waals surface area contributed by atoms with Gasteiger partial charge in [0.05, 0.1) is 5.39 Å². The maximum atomic E-state index is 12.5. The molecule has 0 radical (unpaired) electrons. The maximum absolute atomic E-state index is 12.5. The number of carboxylic acids is 1. The highest BCUT2D eigenvalue weighted by Gasteiger charge is 2.20. The first-order chi connectivity index (χ1) is 12.5. The molecule has 2 heterocycles. The first-order valence-electron chi connectivity index (χ1n) is 8.76. The Hall–Kier alpha value is -2.90. The van der Waals surface area contributed by atoms with Crippen LogP contribution in [0, 0.1) is 5.41 Å². The number of hydrogen-bond donors (Lipinski definition) is 2. The van der Waals surface area contributed by atoms with Crippen LogP contribution in [0.3, 0.4) is 0 Å². The molecule has 2 N–H and O–H groups in total. The molecule has 0 unspecified atom stereocenters. The lowest BCUT2D eigenvalue weighted by molar-refractivity contribution is -0.128. The number of carbonyl (C=O) groups excluding carboxylic acids is 1. The van der Waals surface area contributed by atoms with Crippen molar-refractivity contribution in [3.8, 4) is 0 Å². The summed E-state index contributed by atoms with van der Waals surface area (Å²) >= 11 is 0. The first kappa shape index (κ1) is 20.4. The van der Waals surface area contributed by atoms with Crippen LogP contribution in [0.5, 0.6) is 0 Å². The number of carboxylic acid groups (broad SMARTS) is 1. The van der Waals surface area contributed by atoms with Gasteiger partial charge in [0.2, 0.25) is 11.3 Å². The Morgan fingerprint density at radius 1 is 1.30 bits per heavy atom. The third-order valence-electron chi connectivity index (χ3n) is 4.15. The average molecular weight is 374 g/mol. The molecule has 0 aromatic carbocycles. The number of carbonyl (C=O) groups is 2. The second-order valence-corrected chi connectivity index (χ2v) is 7.69. The molecule has 0 spiro atoms. The Labute approximate surface area is 157 Å². The zero-order chi connectivity index (χ0) is 20.4. The third-order valence-corrected chi connectivity index (χ3v) is 4.15. The van der Waals surface area contributed by atoms with Crippen LogP contribution in [-0.2, 0) is 11.2 Å². The van der Waals surface area contributed by atoms with Crippen molar-refractivity contribution in [1.82, 2.24) is 15.0 Å². The van der Waals surface area contributed by atoms with Gasteiger partial charge in [0.1, 0.15) is 5.56 Å². The summed E-state index contributed by atoms with van der Waals surface area (Å²) in [6, 6.07) is 1.68. The lowest BCUT2D eigenvalue weighted by Crippen LogP contribution is -2.35. The minimum Gasteiger partial charge on any atom is -0.477 e. The molecule has 8 heteroatoms. The van der Waals surface area contributed by atoms with E-state index in [0.717, 1.165) is 5.56 Å². The zero-order valence-corrected chi connectivity index (χ0v) is 16.4. The fourth-order valence-electron chi connectivity index (χ4n) is 2.59. The molecule has 0 saturated carbocycles. The van der Waals surface area contributed by atoms with Crippen molar-refractivity contribution < 1.29 is 14.7 Å². The van der Waals surface area contributed by atoms with Gasteiger partial charge in [0.15, 0.2) is 5.65 Å². The number of fused-ring (bicyclic) bond motifs is 1. The fraction of sp³-hybridized carbons (Fsp3) is 0.474. The van der Waals surface area contributed by atoms with Gasteiger partial charge >= 0.3 is 5.97 Å². The Kier molecular flexibility index (Phi) is 5.88. The minimum absolute atomic E-state index is 0.0147. The lowest BCUT2D eigenvalue weighted by Gasteiger charge is -2.19. The molecule has 1 amide bonds. The SMILES string of the molecule is CN(C)n1cc(C(=O)O)c(=O)c2cc(CCCNC(=O)C(C)(C)C)cnc21. The van der Waals surface area contributed by atoms with Crippen molar-refractivity contribution in [3.05, 3.63) is 39.8 Å². The van der Waals surface area contributed by atoms with Gasteiger partial charge in [-0.15, -0.1) is 0 Å². The summed E-state index contributed by atoms with van der Waals surface area (Å²) in [4.78, 5) is 40.1. The molecule has 0 saturated heterocycles. The van der Waals surface area contributed by atoms with Crippen LogP contribution in [-0.4, -0.2) is 47.3 Å². The number of nitrogens with zero attached hydrogens (tertiary/aromatic N) is 3. The molecule has 0 bridgehead atoms. The molecular formula is C19H26N4O4. The maximum Gasteiger partial charge on any atom is 0.341 e. The summed E-state index contributed by atoms with van der Waals surface area (Å²) in [5, 5.41) is 14.1. The normalized spacial score (nSPS) is 11.4. The smallest absolute Gasteiger partial charge is 0.341 e. The number of amides is 1. The van der Waals surface area contributed by atoms with E-state index in [-0.39, 0.29) is 16.9 Å². The number of rotatable bonds is 6. The molecule has 2 rings (SSSR count). The van der Waals surface area contributed by atoms with Crippen LogP contribution in [0.4, 0.5) is 0 Å². The minimum atomic E-state index is -1.27. The van der Waals surface area contributed by atoms with Gasteiger partial charge in [-0.25, -0.2) is 14.5 Å². The van der Waals surface area contributed by atoms with Gasteiger partial charge in [0.25, 0.3) is 0 Å². The molecule has 0 aliphatic heterocycles. The predicted molar refractivity (Wildman–Crippen MR) is 104 cm³/mol. The molecule has 0 atom stereocenters. The van der Waals surface area contributed by atoms with E-state index in [9.17, 15) is 19.5 Å². The number of hydrogen-bond acceptors (Lipinski definition) is 5. The Bertz CT molecular complexity index is 926. The summed E-state index contributed by atoms with van der Waals surface area (Å²) in [5.74, 6) is -1.29. The summed E-state index contributed by atoms with van der Waals surface area (Å²) in [6.07, 6.45) is 4.26.